The first-order valence-electron chi connectivity index (χ1n) is 6.75. The van der Waals surface area contributed by atoms with Crippen molar-refractivity contribution in [3.8, 4) is 5.75 Å². The normalized spacial score (nSPS) is 22.4. The molecule has 0 radical (unpaired) electrons. The number of carbonyl (C=O) groups excluding carboxylic acids is 1. The minimum absolute atomic E-state index is 0.0396. The molecule has 0 heterocycles. The van der Waals surface area contributed by atoms with Crippen molar-refractivity contribution in [3.05, 3.63) is 29.3 Å². The van der Waals surface area contributed by atoms with Crippen LogP contribution in [0.25, 0.3) is 0 Å². The van der Waals surface area contributed by atoms with Crippen molar-refractivity contribution in [1.29, 1.82) is 0 Å². The Hall–Kier alpha value is -1.22. The molecule has 2 N–H and O–H groups in total. The molecule has 1 aromatic rings. The largest absolute Gasteiger partial charge is 0.507 e. The maximum atomic E-state index is 12.0. The lowest BCUT2D eigenvalue weighted by molar-refractivity contribution is 0.0942. The Labute approximate surface area is 119 Å². The van der Waals surface area contributed by atoms with Gasteiger partial charge in [0.1, 0.15) is 5.75 Å². The zero-order valence-corrected chi connectivity index (χ0v) is 11.9. The van der Waals surface area contributed by atoms with Gasteiger partial charge in [0, 0.05) is 12.4 Å². The zero-order chi connectivity index (χ0) is 13.8. The SMILES string of the molecule is Cc1ccc(C(=O)NCC2CCCC2CCl)c(O)c1. The van der Waals surface area contributed by atoms with E-state index in [1.54, 1.807) is 12.1 Å². The second kappa shape index (κ2) is 6.29. The summed E-state index contributed by atoms with van der Waals surface area (Å²) in [7, 11) is 0. The maximum Gasteiger partial charge on any atom is 0.255 e. The van der Waals surface area contributed by atoms with Crippen LogP contribution >= 0.6 is 11.6 Å². The molecule has 0 aliphatic heterocycles. The standard InChI is InChI=1S/C15H20ClNO2/c1-10-5-6-13(14(18)7-10)15(19)17-9-12-4-2-3-11(12)8-16/h5-7,11-12,18H,2-4,8-9H2,1H3,(H,17,19). The predicted octanol–water partition coefficient (Wildman–Crippen LogP) is 3.09. The molecule has 0 saturated heterocycles. The number of phenolic OH excluding ortho intramolecular Hbond substituents is 1. The van der Waals surface area contributed by atoms with Gasteiger partial charge in [-0.2, -0.15) is 0 Å². The number of benzene rings is 1. The number of amides is 1. The van der Waals surface area contributed by atoms with E-state index in [1.807, 2.05) is 13.0 Å². The first-order chi connectivity index (χ1) is 9.11. The smallest absolute Gasteiger partial charge is 0.255 e. The van der Waals surface area contributed by atoms with Gasteiger partial charge in [-0.05, 0) is 49.3 Å². The molecule has 19 heavy (non-hydrogen) atoms. The molecule has 2 unspecified atom stereocenters. The topological polar surface area (TPSA) is 49.3 Å². The van der Waals surface area contributed by atoms with Crippen LogP contribution in [0, 0.1) is 18.8 Å². The number of hydrogen-bond donors (Lipinski definition) is 2. The highest BCUT2D eigenvalue weighted by Crippen LogP contribution is 2.32. The van der Waals surface area contributed by atoms with Crippen LogP contribution in [0.5, 0.6) is 5.75 Å². The van der Waals surface area contributed by atoms with Gasteiger partial charge in [-0.15, -0.1) is 11.6 Å². The first kappa shape index (κ1) is 14.2. The molecule has 3 nitrogen and oxygen atoms in total. The summed E-state index contributed by atoms with van der Waals surface area (Å²) in [6, 6.07) is 5.09. The van der Waals surface area contributed by atoms with E-state index in [0.29, 0.717) is 29.8 Å². The Kier molecular flexibility index (Phi) is 4.70. The number of nitrogens with one attached hydrogen (secondary N) is 1. The van der Waals surface area contributed by atoms with Crippen LogP contribution < -0.4 is 5.32 Å². The van der Waals surface area contributed by atoms with Gasteiger partial charge in [0.05, 0.1) is 5.56 Å². The molecule has 0 bridgehead atoms. The fraction of sp³-hybridized carbons (Fsp3) is 0.533. The average Bonchev–Trinajstić information content (AvgIpc) is 2.83. The number of alkyl halides is 1. The number of halogens is 1. The molecule has 1 saturated carbocycles. The van der Waals surface area contributed by atoms with Gasteiger partial charge in [-0.1, -0.05) is 12.5 Å². The molecular formula is C15H20ClNO2. The van der Waals surface area contributed by atoms with Gasteiger partial charge < -0.3 is 10.4 Å². The van der Waals surface area contributed by atoms with Crippen LogP contribution in [0.4, 0.5) is 0 Å². The number of hydrogen-bond acceptors (Lipinski definition) is 2. The lowest BCUT2D eigenvalue weighted by Crippen LogP contribution is -2.31. The molecule has 4 heteroatoms. The molecule has 0 spiro atoms. The van der Waals surface area contributed by atoms with E-state index >= 15 is 0 Å². The van der Waals surface area contributed by atoms with Crippen LogP contribution in [-0.4, -0.2) is 23.4 Å². The van der Waals surface area contributed by atoms with Crippen molar-refractivity contribution in [2.45, 2.75) is 26.2 Å². The van der Waals surface area contributed by atoms with Gasteiger partial charge >= 0.3 is 0 Å². The van der Waals surface area contributed by atoms with Crippen LogP contribution in [0.1, 0.15) is 35.2 Å². The number of rotatable bonds is 4. The van der Waals surface area contributed by atoms with Gasteiger partial charge in [-0.25, -0.2) is 0 Å². The molecule has 1 aliphatic rings. The summed E-state index contributed by atoms with van der Waals surface area (Å²) in [6.45, 7) is 2.52. The quantitative estimate of drug-likeness (QED) is 0.833. The minimum atomic E-state index is -0.210. The van der Waals surface area contributed by atoms with E-state index in [1.165, 1.54) is 6.42 Å². The van der Waals surface area contributed by atoms with Gasteiger partial charge in [0.2, 0.25) is 0 Å². The zero-order valence-electron chi connectivity index (χ0n) is 11.2. The van der Waals surface area contributed by atoms with Crippen LogP contribution in [0.3, 0.4) is 0 Å². The van der Waals surface area contributed by atoms with Crippen LogP contribution in [0.2, 0.25) is 0 Å². The third-order valence-electron chi connectivity index (χ3n) is 3.94. The maximum absolute atomic E-state index is 12.0. The van der Waals surface area contributed by atoms with Crippen molar-refractivity contribution in [2.75, 3.05) is 12.4 Å². The van der Waals surface area contributed by atoms with Crippen molar-refractivity contribution < 1.29 is 9.90 Å². The Balaban J connectivity index is 1.94. The second-order valence-electron chi connectivity index (χ2n) is 5.34. The number of phenols is 1. The van der Waals surface area contributed by atoms with E-state index in [4.69, 9.17) is 11.6 Å². The van der Waals surface area contributed by atoms with Crippen molar-refractivity contribution in [2.24, 2.45) is 11.8 Å². The van der Waals surface area contributed by atoms with Crippen LogP contribution in [0.15, 0.2) is 18.2 Å². The molecule has 1 aliphatic carbocycles. The molecule has 1 aromatic carbocycles. The summed E-state index contributed by atoms with van der Waals surface area (Å²) in [5, 5.41) is 12.7. The number of aromatic hydroxyl groups is 1. The van der Waals surface area contributed by atoms with Crippen molar-refractivity contribution >= 4 is 17.5 Å². The molecule has 1 amide bonds. The summed E-state index contributed by atoms with van der Waals surface area (Å²) in [4.78, 5) is 12.0. The Morgan fingerprint density at radius 2 is 2.16 bits per heavy atom. The van der Waals surface area contributed by atoms with E-state index in [-0.39, 0.29) is 11.7 Å². The van der Waals surface area contributed by atoms with E-state index in [2.05, 4.69) is 5.32 Å². The summed E-state index contributed by atoms with van der Waals surface area (Å²) < 4.78 is 0. The fourth-order valence-corrected chi connectivity index (χ4v) is 3.14. The average molecular weight is 282 g/mol. The second-order valence-corrected chi connectivity index (χ2v) is 5.64. The van der Waals surface area contributed by atoms with Crippen molar-refractivity contribution in [3.63, 3.8) is 0 Å². The molecule has 1 fully saturated rings. The summed E-state index contributed by atoms with van der Waals surface area (Å²) in [6.07, 6.45) is 3.46. The summed E-state index contributed by atoms with van der Waals surface area (Å²) in [5.41, 5.74) is 1.28. The molecule has 0 aromatic heterocycles. The number of aryl methyl sites for hydroxylation is 1. The molecule has 104 valence electrons. The van der Waals surface area contributed by atoms with Crippen LogP contribution in [-0.2, 0) is 0 Å². The molecule has 2 atom stereocenters. The van der Waals surface area contributed by atoms with Gasteiger partial charge in [-0.3, -0.25) is 4.79 Å². The Morgan fingerprint density at radius 3 is 2.84 bits per heavy atom. The van der Waals surface area contributed by atoms with E-state index < -0.39 is 0 Å². The first-order valence-corrected chi connectivity index (χ1v) is 7.29. The highest BCUT2D eigenvalue weighted by molar-refractivity contribution is 6.18. The summed E-state index contributed by atoms with van der Waals surface area (Å²) >= 11 is 5.92. The molecular weight excluding hydrogens is 262 g/mol. The lowest BCUT2D eigenvalue weighted by Gasteiger charge is -2.17. The van der Waals surface area contributed by atoms with Gasteiger partial charge in [0.15, 0.2) is 0 Å². The van der Waals surface area contributed by atoms with Gasteiger partial charge in [0.25, 0.3) is 5.91 Å². The monoisotopic (exact) mass is 281 g/mol. The number of carbonyl (C=O) groups is 1. The van der Waals surface area contributed by atoms with E-state index in [9.17, 15) is 9.90 Å². The van der Waals surface area contributed by atoms with Crippen molar-refractivity contribution in [1.82, 2.24) is 5.32 Å². The van der Waals surface area contributed by atoms with E-state index in [0.717, 1.165) is 18.4 Å². The Morgan fingerprint density at radius 1 is 1.42 bits per heavy atom. The lowest BCUT2D eigenvalue weighted by atomic mass is 9.98. The molecule has 2 rings (SSSR count). The predicted molar refractivity (Wildman–Crippen MR) is 76.7 cm³/mol. The third kappa shape index (κ3) is 3.41. The minimum Gasteiger partial charge on any atom is -0.507 e. The highest BCUT2D eigenvalue weighted by Gasteiger charge is 2.26. The Bertz CT molecular complexity index is 461. The fourth-order valence-electron chi connectivity index (χ4n) is 2.74. The highest BCUT2D eigenvalue weighted by atomic mass is 35.5. The summed E-state index contributed by atoms with van der Waals surface area (Å²) in [5.74, 6) is 1.47. The third-order valence-corrected chi connectivity index (χ3v) is 4.33.